The normalized spacial score (nSPS) is 15.0. The van der Waals surface area contributed by atoms with Crippen LogP contribution in [0, 0.1) is 0 Å². The van der Waals surface area contributed by atoms with Gasteiger partial charge < -0.3 is 14.5 Å². The highest BCUT2D eigenvalue weighted by molar-refractivity contribution is 8.00. The van der Waals surface area contributed by atoms with E-state index < -0.39 is 11.6 Å². The Hall–Kier alpha value is -3.06. The van der Waals surface area contributed by atoms with Crippen LogP contribution in [0.1, 0.15) is 33.5 Å². The predicted octanol–water partition coefficient (Wildman–Crippen LogP) is 3.68. The zero-order valence-electron chi connectivity index (χ0n) is 15.4. The second-order valence-electron chi connectivity index (χ2n) is 7.19. The molecule has 0 unspecified atom stereocenters. The summed E-state index contributed by atoms with van der Waals surface area (Å²) in [5.74, 6) is -0.243. The molecule has 3 aromatic rings. The van der Waals surface area contributed by atoms with Gasteiger partial charge in [0.1, 0.15) is 12.2 Å². The largest absolute Gasteiger partial charge is 0.457 e. The molecule has 1 aromatic heterocycles. The molecule has 0 saturated carbocycles. The Morgan fingerprint density at radius 1 is 1.10 bits per heavy atom. The molecular weight excluding hydrogens is 390 g/mol. The molecule has 1 aliphatic heterocycles. The molecule has 0 fully saturated rings. The number of nitrogens with one attached hydrogen (secondary N) is 1. The number of benzene rings is 2. The standard InChI is InChI=1S/C22H17NO5S/c24-20-11-29-19-5-4-14(7-17(19)23-20)22(26)27-10-15-9-21(25)28-18-8-13-3-1-2-12(13)6-16(15)18/h4-9H,1-3,10-11H2,(H,23,24). The van der Waals surface area contributed by atoms with Crippen molar-refractivity contribution in [2.24, 2.45) is 0 Å². The highest BCUT2D eigenvalue weighted by Crippen LogP contribution is 2.32. The number of carbonyl (C=O) groups is 2. The number of esters is 1. The van der Waals surface area contributed by atoms with Gasteiger partial charge in [0.2, 0.25) is 5.91 Å². The van der Waals surface area contributed by atoms with E-state index in [0.717, 1.165) is 29.5 Å². The molecule has 1 amide bonds. The molecule has 2 heterocycles. The highest BCUT2D eigenvalue weighted by atomic mass is 32.2. The van der Waals surface area contributed by atoms with Crippen LogP contribution in [0.5, 0.6) is 0 Å². The van der Waals surface area contributed by atoms with Crippen molar-refractivity contribution in [2.45, 2.75) is 30.8 Å². The summed E-state index contributed by atoms with van der Waals surface area (Å²) in [4.78, 5) is 37.0. The maximum Gasteiger partial charge on any atom is 0.338 e. The van der Waals surface area contributed by atoms with E-state index in [-0.39, 0.29) is 12.5 Å². The van der Waals surface area contributed by atoms with Crippen molar-refractivity contribution in [1.29, 1.82) is 0 Å². The molecule has 2 aliphatic rings. The average Bonchev–Trinajstić information content (AvgIpc) is 3.17. The lowest BCUT2D eigenvalue weighted by atomic mass is 10.0. The van der Waals surface area contributed by atoms with Crippen molar-refractivity contribution < 1.29 is 18.7 Å². The van der Waals surface area contributed by atoms with Crippen LogP contribution in [0.15, 0.2) is 50.5 Å². The molecule has 5 rings (SSSR count). The molecule has 0 bridgehead atoms. The Kier molecular flexibility index (Phi) is 4.39. The van der Waals surface area contributed by atoms with Gasteiger partial charge in [-0.2, -0.15) is 0 Å². The van der Waals surface area contributed by atoms with Gasteiger partial charge in [0.25, 0.3) is 0 Å². The average molecular weight is 407 g/mol. The Morgan fingerprint density at radius 2 is 1.93 bits per heavy atom. The van der Waals surface area contributed by atoms with Gasteiger partial charge in [0.05, 0.1) is 17.0 Å². The van der Waals surface area contributed by atoms with Crippen LogP contribution < -0.4 is 10.9 Å². The minimum Gasteiger partial charge on any atom is -0.457 e. The molecule has 146 valence electrons. The van der Waals surface area contributed by atoms with Gasteiger partial charge in [-0.25, -0.2) is 9.59 Å². The first-order valence-corrected chi connectivity index (χ1v) is 10.4. The van der Waals surface area contributed by atoms with Gasteiger partial charge in [0, 0.05) is 21.9 Å². The van der Waals surface area contributed by atoms with Crippen LogP contribution in [-0.4, -0.2) is 17.6 Å². The third-order valence-corrected chi connectivity index (χ3v) is 6.32. The number of amides is 1. The van der Waals surface area contributed by atoms with Gasteiger partial charge in [-0.05, 0) is 60.7 Å². The molecule has 0 radical (unpaired) electrons. The van der Waals surface area contributed by atoms with Crippen LogP contribution in [0.3, 0.4) is 0 Å². The van der Waals surface area contributed by atoms with Crippen LogP contribution in [0.2, 0.25) is 0 Å². The SMILES string of the molecule is O=C1CSc2ccc(C(=O)OCc3cc(=O)oc4cc5c(cc34)CCC5)cc2N1. The lowest BCUT2D eigenvalue weighted by Crippen LogP contribution is -2.19. The molecule has 0 atom stereocenters. The number of hydrogen-bond acceptors (Lipinski definition) is 6. The fraction of sp³-hybridized carbons (Fsp3) is 0.227. The van der Waals surface area contributed by atoms with E-state index in [1.165, 1.54) is 29.0 Å². The van der Waals surface area contributed by atoms with E-state index in [4.69, 9.17) is 9.15 Å². The maximum atomic E-state index is 12.6. The number of thioether (sulfide) groups is 1. The van der Waals surface area contributed by atoms with Gasteiger partial charge in [-0.1, -0.05) is 0 Å². The number of anilines is 1. The number of ether oxygens (including phenoxy) is 1. The Labute approximate surface area is 170 Å². The van der Waals surface area contributed by atoms with Crippen LogP contribution in [-0.2, 0) is 29.0 Å². The Morgan fingerprint density at radius 3 is 2.79 bits per heavy atom. The second kappa shape index (κ2) is 7.08. The minimum absolute atomic E-state index is 0.0298. The van der Waals surface area contributed by atoms with Crippen molar-refractivity contribution in [2.75, 3.05) is 11.1 Å². The molecule has 0 spiro atoms. The van der Waals surface area contributed by atoms with E-state index in [2.05, 4.69) is 5.32 Å². The molecule has 1 aliphatic carbocycles. The van der Waals surface area contributed by atoms with E-state index in [1.54, 1.807) is 18.2 Å². The van der Waals surface area contributed by atoms with Crippen LogP contribution in [0.4, 0.5) is 5.69 Å². The number of aryl methyl sites for hydroxylation is 2. The van der Waals surface area contributed by atoms with E-state index >= 15 is 0 Å². The summed E-state index contributed by atoms with van der Waals surface area (Å²) in [5.41, 5.74) is 4.11. The first kappa shape index (κ1) is 18.0. The van der Waals surface area contributed by atoms with Crippen molar-refractivity contribution in [3.8, 4) is 0 Å². The summed E-state index contributed by atoms with van der Waals surface area (Å²) in [5, 5.41) is 3.56. The number of fused-ring (bicyclic) bond motifs is 3. The third-order valence-electron chi connectivity index (χ3n) is 5.25. The zero-order chi connectivity index (χ0) is 20.0. The molecule has 29 heavy (non-hydrogen) atoms. The van der Waals surface area contributed by atoms with Crippen molar-refractivity contribution in [3.05, 3.63) is 69.1 Å². The van der Waals surface area contributed by atoms with Gasteiger partial charge in [0.15, 0.2) is 0 Å². The third kappa shape index (κ3) is 3.42. The number of hydrogen-bond donors (Lipinski definition) is 1. The number of carbonyl (C=O) groups excluding carboxylic acids is 2. The smallest absolute Gasteiger partial charge is 0.338 e. The Balaban J connectivity index is 1.41. The summed E-state index contributed by atoms with van der Waals surface area (Å²) in [7, 11) is 0. The molecule has 7 heteroatoms. The predicted molar refractivity (Wildman–Crippen MR) is 109 cm³/mol. The molecular formula is C22H17NO5S. The van der Waals surface area contributed by atoms with Crippen LogP contribution >= 0.6 is 11.8 Å². The first-order valence-electron chi connectivity index (χ1n) is 9.39. The zero-order valence-corrected chi connectivity index (χ0v) is 16.3. The first-order chi connectivity index (χ1) is 14.1. The molecule has 0 saturated heterocycles. The summed E-state index contributed by atoms with van der Waals surface area (Å²) in [6.45, 7) is -0.0298. The van der Waals surface area contributed by atoms with Crippen molar-refractivity contribution >= 4 is 40.3 Å². The lowest BCUT2D eigenvalue weighted by molar-refractivity contribution is -0.113. The van der Waals surface area contributed by atoms with Gasteiger partial charge in [-0.15, -0.1) is 11.8 Å². The minimum atomic E-state index is -0.514. The van der Waals surface area contributed by atoms with E-state index in [9.17, 15) is 14.4 Å². The van der Waals surface area contributed by atoms with Gasteiger partial charge >= 0.3 is 11.6 Å². The van der Waals surface area contributed by atoms with Gasteiger partial charge in [-0.3, -0.25) is 4.79 Å². The van der Waals surface area contributed by atoms with E-state index in [1.807, 2.05) is 12.1 Å². The Bertz CT molecular complexity index is 1230. The van der Waals surface area contributed by atoms with Crippen molar-refractivity contribution in [1.82, 2.24) is 0 Å². The molecule has 1 N–H and O–H groups in total. The van der Waals surface area contributed by atoms with Crippen LogP contribution in [0.25, 0.3) is 11.0 Å². The maximum absolute atomic E-state index is 12.6. The second-order valence-corrected chi connectivity index (χ2v) is 8.20. The van der Waals surface area contributed by atoms with E-state index in [0.29, 0.717) is 28.2 Å². The number of rotatable bonds is 3. The highest BCUT2D eigenvalue weighted by Gasteiger charge is 2.19. The lowest BCUT2D eigenvalue weighted by Gasteiger charge is -2.16. The fourth-order valence-electron chi connectivity index (χ4n) is 3.85. The monoisotopic (exact) mass is 407 g/mol. The topological polar surface area (TPSA) is 85.6 Å². The molecule has 6 nitrogen and oxygen atoms in total. The summed E-state index contributed by atoms with van der Waals surface area (Å²) in [6.07, 6.45) is 3.08. The van der Waals surface area contributed by atoms with Crippen molar-refractivity contribution in [3.63, 3.8) is 0 Å². The summed E-state index contributed by atoms with van der Waals surface area (Å²) >= 11 is 1.43. The quantitative estimate of drug-likeness (QED) is 0.527. The summed E-state index contributed by atoms with van der Waals surface area (Å²) < 4.78 is 10.8. The summed E-state index contributed by atoms with van der Waals surface area (Å²) in [6, 6.07) is 10.4. The molecule has 2 aromatic carbocycles. The fourth-order valence-corrected chi connectivity index (χ4v) is 4.64.